The maximum atomic E-state index is 11.5. The summed E-state index contributed by atoms with van der Waals surface area (Å²) >= 11 is 0. The molecule has 0 amide bonds. The summed E-state index contributed by atoms with van der Waals surface area (Å²) in [6.07, 6.45) is 3.86. The molecule has 0 heterocycles. The van der Waals surface area contributed by atoms with E-state index in [9.17, 15) is 9.90 Å². The van der Waals surface area contributed by atoms with E-state index in [4.69, 9.17) is 0 Å². The molecule has 3 unspecified atom stereocenters. The highest BCUT2D eigenvalue weighted by Crippen LogP contribution is 2.19. The summed E-state index contributed by atoms with van der Waals surface area (Å²) in [6.45, 7) is 11.1. The summed E-state index contributed by atoms with van der Waals surface area (Å²) in [5.74, 6) is -0.760. The Morgan fingerprint density at radius 2 is 1.84 bits per heavy atom. The molecular weight excluding hydrogens is 240 g/mol. The van der Waals surface area contributed by atoms with Crippen molar-refractivity contribution in [2.45, 2.75) is 77.9 Å². The van der Waals surface area contributed by atoms with Gasteiger partial charge in [0.05, 0.1) is 0 Å². The number of carbonyl (C=O) groups is 1. The number of hydrogen-bond donors (Lipinski definition) is 2. The van der Waals surface area contributed by atoms with Crippen molar-refractivity contribution < 1.29 is 9.90 Å². The molecular formula is C15H32N2O2. The summed E-state index contributed by atoms with van der Waals surface area (Å²) in [7, 11) is 2.09. The second kappa shape index (κ2) is 8.54. The second-order valence-corrected chi connectivity index (χ2v) is 5.92. The highest BCUT2D eigenvalue weighted by molar-refractivity contribution is 5.78. The van der Waals surface area contributed by atoms with Gasteiger partial charge in [0.25, 0.3) is 0 Å². The molecule has 4 nitrogen and oxygen atoms in total. The molecule has 0 aliphatic heterocycles. The molecule has 0 bridgehead atoms. The lowest BCUT2D eigenvalue weighted by atomic mass is 9.92. The third kappa shape index (κ3) is 5.91. The maximum absolute atomic E-state index is 11.5. The van der Waals surface area contributed by atoms with Crippen molar-refractivity contribution in [2.24, 2.45) is 0 Å². The summed E-state index contributed by atoms with van der Waals surface area (Å²) in [5, 5.41) is 12.6. The number of aliphatic carboxylic acids is 1. The standard InChI is InChI=1S/C15H32N2O2/c1-7-9-12(3)17(6)13(4)11-15(5,14(18)19)16-10-8-2/h12-13,16H,7-11H2,1-6H3,(H,18,19). The molecule has 0 aromatic carbocycles. The Kier molecular flexibility index (Phi) is 8.26. The van der Waals surface area contributed by atoms with Crippen LogP contribution in [0.15, 0.2) is 0 Å². The highest BCUT2D eigenvalue weighted by atomic mass is 16.4. The van der Waals surface area contributed by atoms with E-state index in [1.165, 1.54) is 0 Å². The van der Waals surface area contributed by atoms with Gasteiger partial charge in [-0.05, 0) is 53.6 Å². The lowest BCUT2D eigenvalue weighted by Crippen LogP contribution is -2.54. The van der Waals surface area contributed by atoms with E-state index in [1.54, 1.807) is 6.92 Å². The van der Waals surface area contributed by atoms with Gasteiger partial charge in [0.2, 0.25) is 0 Å². The van der Waals surface area contributed by atoms with Gasteiger partial charge in [0.15, 0.2) is 0 Å². The van der Waals surface area contributed by atoms with Gasteiger partial charge in [0, 0.05) is 12.1 Å². The zero-order valence-corrected chi connectivity index (χ0v) is 13.5. The van der Waals surface area contributed by atoms with Gasteiger partial charge in [-0.15, -0.1) is 0 Å². The van der Waals surface area contributed by atoms with Crippen LogP contribution in [0.2, 0.25) is 0 Å². The van der Waals surface area contributed by atoms with Crippen molar-refractivity contribution in [1.29, 1.82) is 0 Å². The van der Waals surface area contributed by atoms with Crippen LogP contribution in [-0.2, 0) is 4.79 Å². The topological polar surface area (TPSA) is 52.6 Å². The number of nitrogens with one attached hydrogen (secondary N) is 1. The predicted molar refractivity (Wildman–Crippen MR) is 80.5 cm³/mol. The SMILES string of the molecule is CCCNC(C)(CC(C)N(C)C(C)CCC)C(=O)O. The third-order valence-corrected chi connectivity index (χ3v) is 4.04. The van der Waals surface area contributed by atoms with E-state index in [0.29, 0.717) is 12.5 Å². The minimum atomic E-state index is -0.838. The molecule has 3 atom stereocenters. The first-order chi connectivity index (χ1) is 8.78. The Labute approximate surface area is 118 Å². The van der Waals surface area contributed by atoms with Crippen molar-refractivity contribution in [3.05, 3.63) is 0 Å². The van der Waals surface area contributed by atoms with Gasteiger partial charge in [-0.25, -0.2) is 0 Å². The van der Waals surface area contributed by atoms with E-state index in [2.05, 4.69) is 38.0 Å². The smallest absolute Gasteiger partial charge is 0.323 e. The van der Waals surface area contributed by atoms with Crippen LogP contribution in [0.3, 0.4) is 0 Å². The monoisotopic (exact) mass is 272 g/mol. The normalized spacial score (nSPS) is 18.1. The Morgan fingerprint density at radius 1 is 1.26 bits per heavy atom. The van der Waals surface area contributed by atoms with Gasteiger partial charge < -0.3 is 15.3 Å². The third-order valence-electron chi connectivity index (χ3n) is 4.04. The van der Waals surface area contributed by atoms with Gasteiger partial charge in [-0.3, -0.25) is 4.79 Å². The Hall–Kier alpha value is -0.610. The van der Waals surface area contributed by atoms with Crippen LogP contribution >= 0.6 is 0 Å². The van der Waals surface area contributed by atoms with Crippen molar-refractivity contribution in [3.63, 3.8) is 0 Å². The summed E-state index contributed by atoms with van der Waals surface area (Å²) in [6, 6.07) is 0.733. The maximum Gasteiger partial charge on any atom is 0.323 e. The average molecular weight is 272 g/mol. The first-order valence-corrected chi connectivity index (χ1v) is 7.48. The predicted octanol–water partition coefficient (Wildman–Crippen LogP) is 2.73. The largest absolute Gasteiger partial charge is 0.480 e. The second-order valence-electron chi connectivity index (χ2n) is 5.92. The van der Waals surface area contributed by atoms with Crippen molar-refractivity contribution >= 4 is 5.97 Å². The molecule has 0 aliphatic rings. The quantitative estimate of drug-likeness (QED) is 0.642. The van der Waals surface area contributed by atoms with E-state index in [1.807, 2.05) is 6.92 Å². The zero-order chi connectivity index (χ0) is 15.1. The number of hydrogen-bond acceptors (Lipinski definition) is 3. The summed E-state index contributed by atoms with van der Waals surface area (Å²) in [4.78, 5) is 13.8. The molecule has 0 aromatic heterocycles. The van der Waals surface area contributed by atoms with Crippen LogP contribution in [0.4, 0.5) is 0 Å². The molecule has 0 radical (unpaired) electrons. The minimum absolute atomic E-state index is 0.243. The number of nitrogens with zero attached hydrogens (tertiary/aromatic N) is 1. The van der Waals surface area contributed by atoms with E-state index >= 15 is 0 Å². The van der Waals surface area contributed by atoms with Gasteiger partial charge in [0.1, 0.15) is 5.54 Å². The summed E-state index contributed by atoms with van der Waals surface area (Å²) in [5.41, 5.74) is -0.838. The van der Waals surface area contributed by atoms with E-state index in [0.717, 1.165) is 25.8 Å². The molecule has 0 aromatic rings. The van der Waals surface area contributed by atoms with Gasteiger partial charge in [-0.2, -0.15) is 0 Å². The summed E-state index contributed by atoms with van der Waals surface area (Å²) < 4.78 is 0. The molecule has 114 valence electrons. The van der Waals surface area contributed by atoms with Crippen LogP contribution in [0, 0.1) is 0 Å². The highest BCUT2D eigenvalue weighted by Gasteiger charge is 2.35. The van der Waals surface area contributed by atoms with Crippen LogP contribution in [0.25, 0.3) is 0 Å². The lowest BCUT2D eigenvalue weighted by molar-refractivity contribution is -0.145. The van der Waals surface area contributed by atoms with Gasteiger partial charge >= 0.3 is 5.97 Å². The fraction of sp³-hybridized carbons (Fsp3) is 0.933. The molecule has 0 saturated heterocycles. The average Bonchev–Trinajstić information content (AvgIpc) is 2.35. The number of carboxylic acids is 1. The van der Waals surface area contributed by atoms with Crippen LogP contribution in [0.5, 0.6) is 0 Å². The molecule has 4 heteroatoms. The Bertz CT molecular complexity index is 271. The molecule has 2 N–H and O–H groups in total. The molecule has 0 aliphatic carbocycles. The first-order valence-electron chi connectivity index (χ1n) is 7.48. The van der Waals surface area contributed by atoms with E-state index < -0.39 is 11.5 Å². The fourth-order valence-electron chi connectivity index (χ4n) is 2.43. The number of rotatable bonds is 10. The molecule has 0 fully saturated rings. The van der Waals surface area contributed by atoms with Crippen molar-refractivity contribution in [3.8, 4) is 0 Å². The minimum Gasteiger partial charge on any atom is -0.480 e. The Morgan fingerprint density at radius 3 is 2.26 bits per heavy atom. The molecule has 19 heavy (non-hydrogen) atoms. The number of carboxylic acid groups (broad SMARTS) is 1. The van der Waals surface area contributed by atoms with Crippen LogP contribution < -0.4 is 5.32 Å². The van der Waals surface area contributed by atoms with Crippen LogP contribution in [0.1, 0.15) is 60.3 Å². The van der Waals surface area contributed by atoms with Crippen molar-refractivity contribution in [2.75, 3.05) is 13.6 Å². The van der Waals surface area contributed by atoms with E-state index in [-0.39, 0.29) is 6.04 Å². The Balaban J connectivity index is 4.62. The molecule has 0 spiro atoms. The first kappa shape index (κ1) is 18.4. The molecule has 0 rings (SSSR count). The fourth-order valence-corrected chi connectivity index (χ4v) is 2.43. The van der Waals surface area contributed by atoms with Gasteiger partial charge in [-0.1, -0.05) is 20.3 Å². The van der Waals surface area contributed by atoms with Crippen molar-refractivity contribution in [1.82, 2.24) is 10.2 Å². The zero-order valence-electron chi connectivity index (χ0n) is 13.5. The lowest BCUT2D eigenvalue weighted by Gasteiger charge is -2.36. The van der Waals surface area contributed by atoms with Crippen LogP contribution in [-0.4, -0.2) is 47.2 Å². The molecule has 0 saturated carbocycles.